The summed E-state index contributed by atoms with van der Waals surface area (Å²) >= 11 is 3.25. The number of aromatic amines is 2. The second-order valence-electron chi connectivity index (χ2n) is 4.79. The smallest absolute Gasteiger partial charge is 0.311 e. The number of aromatic hydroxyl groups is 1. The van der Waals surface area contributed by atoms with E-state index >= 15 is 0 Å². The lowest BCUT2D eigenvalue weighted by atomic mass is 10.1. The fourth-order valence-electron chi connectivity index (χ4n) is 2.17. The largest absolute Gasteiger partial charge is 0.493 e. The fraction of sp³-hybridized carbons (Fsp3) is 0.133. The number of benzene rings is 1. The molecule has 0 saturated heterocycles. The number of amides is 1. The number of halogens is 1. The Balaban J connectivity index is 1.97. The molecule has 0 saturated carbocycles. The van der Waals surface area contributed by atoms with Crippen LogP contribution in [0.15, 0.2) is 45.2 Å². The molecule has 3 aromatic rings. The number of carbonyl (C=O) groups is 1. The molecule has 1 amide bonds. The Hall–Kier alpha value is -2.41. The van der Waals surface area contributed by atoms with Crippen molar-refractivity contribution in [3.8, 4) is 5.88 Å². The maximum Gasteiger partial charge on any atom is 0.311 e. The molecule has 6 nitrogen and oxygen atoms in total. The number of azo groups is 1. The molecule has 2 heterocycles. The van der Waals surface area contributed by atoms with E-state index in [1.807, 2.05) is 25.1 Å². The first kappa shape index (κ1) is 14.5. The molecule has 0 fully saturated rings. The number of fused-ring (bicyclic) bond motifs is 1. The number of H-pyrrole nitrogens is 2. The highest BCUT2D eigenvalue weighted by atomic mass is 79.9. The third-order valence-electron chi connectivity index (χ3n) is 3.34. The van der Waals surface area contributed by atoms with Crippen molar-refractivity contribution < 1.29 is 9.90 Å². The highest BCUT2D eigenvalue weighted by molar-refractivity contribution is 9.10. The van der Waals surface area contributed by atoms with Gasteiger partial charge in [-0.3, -0.25) is 4.79 Å². The summed E-state index contributed by atoms with van der Waals surface area (Å²) in [5.74, 6) is -0.612. The molecule has 0 aliphatic rings. The van der Waals surface area contributed by atoms with Crippen LogP contribution in [0.4, 0.5) is 5.69 Å². The molecule has 0 aliphatic carbocycles. The number of aryl methyl sites for hydroxylation is 1. The van der Waals surface area contributed by atoms with Crippen molar-refractivity contribution in [3.05, 3.63) is 46.2 Å². The summed E-state index contributed by atoms with van der Waals surface area (Å²) in [5.41, 5.74) is 2.45. The normalized spacial score (nSPS) is 11.5. The molecule has 0 spiro atoms. The molecule has 0 aliphatic heterocycles. The van der Waals surface area contributed by atoms with Crippen molar-refractivity contribution in [1.82, 2.24) is 9.97 Å². The zero-order valence-electron chi connectivity index (χ0n) is 11.7. The number of aromatic nitrogens is 2. The molecule has 7 heteroatoms. The van der Waals surface area contributed by atoms with Crippen molar-refractivity contribution in [2.45, 2.75) is 13.3 Å². The van der Waals surface area contributed by atoms with Crippen LogP contribution < -0.4 is 0 Å². The van der Waals surface area contributed by atoms with Crippen molar-refractivity contribution in [2.24, 2.45) is 10.2 Å². The molecule has 3 N–H and O–H groups in total. The second-order valence-corrected chi connectivity index (χ2v) is 5.71. The van der Waals surface area contributed by atoms with Gasteiger partial charge in [-0.05, 0) is 46.1 Å². The summed E-state index contributed by atoms with van der Waals surface area (Å²) in [6.45, 7) is 2.04. The third-order valence-corrected chi connectivity index (χ3v) is 3.80. The van der Waals surface area contributed by atoms with E-state index < -0.39 is 5.91 Å². The molecule has 0 unspecified atom stereocenters. The van der Waals surface area contributed by atoms with E-state index in [2.05, 4.69) is 36.1 Å². The minimum absolute atomic E-state index is 0.104. The van der Waals surface area contributed by atoms with Gasteiger partial charge in [0.05, 0.1) is 5.52 Å². The van der Waals surface area contributed by atoms with Crippen LogP contribution in [0.1, 0.15) is 23.0 Å². The van der Waals surface area contributed by atoms with E-state index in [9.17, 15) is 9.90 Å². The van der Waals surface area contributed by atoms with Gasteiger partial charge in [-0.2, -0.15) is 0 Å². The number of rotatable bonds is 3. The van der Waals surface area contributed by atoms with Crippen molar-refractivity contribution in [3.63, 3.8) is 0 Å². The van der Waals surface area contributed by atoms with Crippen molar-refractivity contribution in [1.29, 1.82) is 0 Å². The zero-order chi connectivity index (χ0) is 15.7. The standard InChI is InChI=1S/C15H13BrN4O2/c1-2-8-3-4-11-10(5-8)13(15(22)18-11)19-20-14(21)12-6-9(16)7-17-12/h3-7,17-18,22H,2H2,1H3. The summed E-state index contributed by atoms with van der Waals surface area (Å²) in [6, 6.07) is 7.39. The zero-order valence-corrected chi connectivity index (χ0v) is 13.3. The Morgan fingerprint density at radius 2 is 2.18 bits per heavy atom. The van der Waals surface area contributed by atoms with Crippen LogP contribution in [0.2, 0.25) is 0 Å². The van der Waals surface area contributed by atoms with Crippen LogP contribution in [0, 0.1) is 0 Å². The molecule has 0 radical (unpaired) electrons. The number of nitrogens with one attached hydrogen (secondary N) is 2. The quantitative estimate of drug-likeness (QED) is 0.601. The lowest BCUT2D eigenvalue weighted by Gasteiger charge is -1.96. The molecule has 0 atom stereocenters. The van der Waals surface area contributed by atoms with E-state index in [1.165, 1.54) is 0 Å². The highest BCUT2D eigenvalue weighted by Gasteiger charge is 2.12. The Morgan fingerprint density at radius 1 is 1.36 bits per heavy atom. The second kappa shape index (κ2) is 5.76. The number of hydrogen-bond donors (Lipinski definition) is 3. The third kappa shape index (κ3) is 2.67. The van der Waals surface area contributed by atoms with Gasteiger partial charge in [-0.15, -0.1) is 10.2 Å². The van der Waals surface area contributed by atoms with Crippen LogP contribution in [0.25, 0.3) is 10.9 Å². The van der Waals surface area contributed by atoms with Gasteiger partial charge >= 0.3 is 5.91 Å². The Kier molecular flexibility index (Phi) is 3.81. The van der Waals surface area contributed by atoms with Gasteiger partial charge in [0.25, 0.3) is 0 Å². The van der Waals surface area contributed by atoms with Gasteiger partial charge in [-0.1, -0.05) is 13.0 Å². The molecule has 3 rings (SSSR count). The molecular formula is C15H13BrN4O2. The van der Waals surface area contributed by atoms with Crippen LogP contribution in [-0.2, 0) is 6.42 Å². The van der Waals surface area contributed by atoms with E-state index in [4.69, 9.17) is 0 Å². The maximum atomic E-state index is 11.9. The van der Waals surface area contributed by atoms with Gasteiger partial charge < -0.3 is 15.1 Å². The van der Waals surface area contributed by atoms with E-state index in [1.54, 1.807) is 12.3 Å². The van der Waals surface area contributed by atoms with Crippen molar-refractivity contribution >= 4 is 38.4 Å². The van der Waals surface area contributed by atoms with Gasteiger partial charge in [0, 0.05) is 16.1 Å². The predicted octanol–water partition coefficient (Wildman–Crippen LogP) is 4.45. The van der Waals surface area contributed by atoms with E-state index in [0.29, 0.717) is 5.69 Å². The maximum absolute atomic E-state index is 11.9. The van der Waals surface area contributed by atoms with Crippen molar-refractivity contribution in [2.75, 3.05) is 0 Å². The minimum Gasteiger partial charge on any atom is -0.493 e. The fourth-order valence-corrected chi connectivity index (χ4v) is 2.52. The predicted molar refractivity (Wildman–Crippen MR) is 86.7 cm³/mol. The average molecular weight is 361 g/mol. The molecule has 1 aromatic carbocycles. The van der Waals surface area contributed by atoms with Gasteiger partial charge in [0.1, 0.15) is 5.69 Å². The first-order valence-electron chi connectivity index (χ1n) is 6.72. The van der Waals surface area contributed by atoms with Gasteiger partial charge in [0.15, 0.2) is 5.69 Å². The van der Waals surface area contributed by atoms with Crippen LogP contribution in [-0.4, -0.2) is 21.0 Å². The number of hydrogen-bond acceptors (Lipinski definition) is 3. The number of carbonyl (C=O) groups excluding carboxylic acids is 1. The van der Waals surface area contributed by atoms with Gasteiger partial charge in [-0.25, -0.2) is 0 Å². The topological polar surface area (TPSA) is 93.6 Å². The summed E-state index contributed by atoms with van der Waals surface area (Å²) in [7, 11) is 0. The minimum atomic E-state index is -0.508. The first-order chi connectivity index (χ1) is 10.6. The highest BCUT2D eigenvalue weighted by Crippen LogP contribution is 2.36. The first-order valence-corrected chi connectivity index (χ1v) is 7.51. The summed E-state index contributed by atoms with van der Waals surface area (Å²) in [4.78, 5) is 17.5. The Bertz CT molecular complexity index is 879. The van der Waals surface area contributed by atoms with Crippen LogP contribution in [0.5, 0.6) is 5.88 Å². The molecule has 2 aromatic heterocycles. The van der Waals surface area contributed by atoms with E-state index in [-0.39, 0.29) is 11.6 Å². The summed E-state index contributed by atoms with van der Waals surface area (Å²) < 4.78 is 0.758. The van der Waals surface area contributed by atoms with Crippen LogP contribution >= 0.6 is 15.9 Å². The summed E-state index contributed by atoms with van der Waals surface area (Å²) in [5, 5.41) is 18.3. The Labute approximate surface area is 134 Å². The SMILES string of the molecule is CCc1ccc2[nH]c(O)c(N=NC(=O)c3cc(Br)c[nH]3)c2c1. The molecular weight excluding hydrogens is 348 g/mol. The van der Waals surface area contributed by atoms with Gasteiger partial charge in [0.2, 0.25) is 5.88 Å². The lowest BCUT2D eigenvalue weighted by molar-refractivity contribution is 0.0991. The average Bonchev–Trinajstić information content (AvgIpc) is 3.07. The monoisotopic (exact) mass is 360 g/mol. The van der Waals surface area contributed by atoms with Crippen LogP contribution in [0.3, 0.4) is 0 Å². The van der Waals surface area contributed by atoms with E-state index in [0.717, 1.165) is 27.4 Å². The Morgan fingerprint density at radius 3 is 2.86 bits per heavy atom. The molecule has 112 valence electrons. The molecule has 0 bridgehead atoms. The number of nitrogens with zero attached hydrogens (tertiary/aromatic N) is 2. The summed E-state index contributed by atoms with van der Waals surface area (Å²) in [6.07, 6.45) is 2.51. The molecule has 22 heavy (non-hydrogen) atoms. The lowest BCUT2D eigenvalue weighted by Crippen LogP contribution is -1.92.